The standard InChI is InChI=1S/C21H17ClFNOS2/c22-17-9-6-10-18(23)16(17)13-26-14-21(25)24-19-11-4-5-12-20(19)27-15-7-2-1-3-8-15/h1-12H,13-14H2,(H,24,25). The topological polar surface area (TPSA) is 29.1 Å². The maximum atomic E-state index is 13.8. The van der Waals surface area contributed by atoms with Crippen LogP contribution in [0.1, 0.15) is 5.56 Å². The number of thioether (sulfide) groups is 1. The lowest BCUT2D eigenvalue weighted by Gasteiger charge is -2.11. The van der Waals surface area contributed by atoms with Crippen LogP contribution in [0.2, 0.25) is 5.02 Å². The van der Waals surface area contributed by atoms with Gasteiger partial charge in [-0.05, 0) is 36.4 Å². The molecule has 0 radical (unpaired) electrons. The molecule has 3 rings (SSSR count). The Kier molecular flexibility index (Phi) is 7.21. The van der Waals surface area contributed by atoms with E-state index in [4.69, 9.17) is 11.6 Å². The summed E-state index contributed by atoms with van der Waals surface area (Å²) in [4.78, 5) is 14.4. The van der Waals surface area contributed by atoms with Gasteiger partial charge in [-0.1, -0.05) is 59.8 Å². The second-order valence-electron chi connectivity index (χ2n) is 5.65. The molecule has 0 aromatic heterocycles. The highest BCUT2D eigenvalue weighted by Crippen LogP contribution is 2.33. The number of benzene rings is 3. The van der Waals surface area contributed by atoms with Crippen LogP contribution in [0.3, 0.4) is 0 Å². The van der Waals surface area contributed by atoms with Gasteiger partial charge in [-0.3, -0.25) is 4.79 Å². The van der Waals surface area contributed by atoms with Crippen LogP contribution < -0.4 is 5.32 Å². The molecular weight excluding hydrogens is 401 g/mol. The number of halogens is 2. The van der Waals surface area contributed by atoms with Gasteiger partial charge >= 0.3 is 0 Å². The van der Waals surface area contributed by atoms with Gasteiger partial charge in [-0.15, -0.1) is 11.8 Å². The number of rotatable bonds is 7. The average Bonchev–Trinajstić information content (AvgIpc) is 2.66. The summed E-state index contributed by atoms with van der Waals surface area (Å²) in [5.74, 6) is 0.0857. The molecule has 0 fully saturated rings. The predicted octanol–water partition coefficient (Wildman–Crippen LogP) is 6.50. The van der Waals surface area contributed by atoms with E-state index >= 15 is 0 Å². The van der Waals surface area contributed by atoms with E-state index < -0.39 is 0 Å². The van der Waals surface area contributed by atoms with E-state index in [0.29, 0.717) is 16.3 Å². The lowest BCUT2D eigenvalue weighted by Crippen LogP contribution is -2.14. The highest BCUT2D eigenvalue weighted by atomic mass is 35.5. The van der Waals surface area contributed by atoms with Crippen molar-refractivity contribution in [3.63, 3.8) is 0 Å². The molecule has 0 spiro atoms. The van der Waals surface area contributed by atoms with Crippen molar-refractivity contribution in [1.29, 1.82) is 0 Å². The highest BCUT2D eigenvalue weighted by molar-refractivity contribution is 7.99. The zero-order valence-corrected chi connectivity index (χ0v) is 16.7. The fraction of sp³-hybridized carbons (Fsp3) is 0.0952. The van der Waals surface area contributed by atoms with Crippen LogP contribution in [0.25, 0.3) is 0 Å². The third-order valence-electron chi connectivity index (χ3n) is 3.67. The monoisotopic (exact) mass is 417 g/mol. The number of nitrogens with one attached hydrogen (secondary N) is 1. The van der Waals surface area contributed by atoms with Crippen LogP contribution in [-0.2, 0) is 10.5 Å². The first-order valence-corrected chi connectivity index (χ1v) is 10.6. The zero-order valence-electron chi connectivity index (χ0n) is 14.3. The predicted molar refractivity (Wildman–Crippen MR) is 113 cm³/mol. The van der Waals surface area contributed by atoms with E-state index in [0.717, 1.165) is 15.5 Å². The molecule has 2 nitrogen and oxygen atoms in total. The Morgan fingerprint density at radius 2 is 1.70 bits per heavy atom. The molecule has 138 valence electrons. The molecule has 0 aliphatic heterocycles. The largest absolute Gasteiger partial charge is 0.324 e. The molecule has 0 aliphatic carbocycles. The molecule has 1 N–H and O–H groups in total. The van der Waals surface area contributed by atoms with Crippen molar-refractivity contribution < 1.29 is 9.18 Å². The fourth-order valence-corrected chi connectivity index (χ4v) is 4.47. The number of hydrogen-bond acceptors (Lipinski definition) is 3. The Bertz CT molecular complexity index is 901. The van der Waals surface area contributed by atoms with Crippen molar-refractivity contribution in [1.82, 2.24) is 0 Å². The van der Waals surface area contributed by atoms with Crippen LogP contribution >= 0.6 is 35.1 Å². The van der Waals surface area contributed by atoms with E-state index in [2.05, 4.69) is 5.32 Å². The summed E-state index contributed by atoms with van der Waals surface area (Å²) < 4.78 is 13.8. The van der Waals surface area contributed by atoms with E-state index in [9.17, 15) is 9.18 Å². The molecule has 0 unspecified atom stereocenters. The Labute approximate surface area is 171 Å². The van der Waals surface area contributed by atoms with Crippen molar-refractivity contribution in [3.05, 3.63) is 89.2 Å². The zero-order chi connectivity index (χ0) is 19.1. The van der Waals surface area contributed by atoms with Crippen LogP contribution in [0, 0.1) is 5.82 Å². The molecule has 0 saturated heterocycles. The minimum Gasteiger partial charge on any atom is -0.324 e. The molecule has 0 bridgehead atoms. The molecule has 0 heterocycles. The molecular formula is C21H17ClFNOS2. The highest BCUT2D eigenvalue weighted by Gasteiger charge is 2.11. The van der Waals surface area contributed by atoms with Gasteiger partial charge in [0.2, 0.25) is 5.91 Å². The van der Waals surface area contributed by atoms with Crippen LogP contribution in [0.4, 0.5) is 10.1 Å². The molecule has 3 aromatic carbocycles. The van der Waals surface area contributed by atoms with Gasteiger partial charge in [-0.2, -0.15) is 0 Å². The third kappa shape index (κ3) is 5.76. The Balaban J connectivity index is 1.58. The maximum Gasteiger partial charge on any atom is 0.234 e. The maximum absolute atomic E-state index is 13.8. The molecule has 0 saturated carbocycles. The minimum absolute atomic E-state index is 0.131. The number of hydrogen-bond donors (Lipinski definition) is 1. The van der Waals surface area contributed by atoms with Gasteiger partial charge in [0, 0.05) is 26.1 Å². The van der Waals surface area contributed by atoms with Crippen molar-refractivity contribution in [2.24, 2.45) is 0 Å². The first-order chi connectivity index (χ1) is 13.1. The second-order valence-corrected chi connectivity index (χ2v) is 8.16. The van der Waals surface area contributed by atoms with E-state index in [1.165, 1.54) is 17.8 Å². The van der Waals surface area contributed by atoms with Gasteiger partial charge in [0.15, 0.2) is 0 Å². The molecule has 6 heteroatoms. The molecule has 1 amide bonds. The number of carbonyl (C=O) groups is 1. The van der Waals surface area contributed by atoms with Crippen LogP contribution in [-0.4, -0.2) is 11.7 Å². The molecule has 0 atom stereocenters. The molecule has 27 heavy (non-hydrogen) atoms. The number of carbonyl (C=O) groups excluding carboxylic acids is 1. The number of anilines is 1. The van der Waals surface area contributed by atoms with E-state index in [1.54, 1.807) is 23.9 Å². The summed E-state index contributed by atoms with van der Waals surface area (Å²) >= 11 is 8.94. The lowest BCUT2D eigenvalue weighted by atomic mass is 10.2. The van der Waals surface area contributed by atoms with Gasteiger partial charge in [-0.25, -0.2) is 4.39 Å². The molecule has 0 aliphatic rings. The van der Waals surface area contributed by atoms with Gasteiger partial charge in [0.25, 0.3) is 0 Å². The second kappa shape index (κ2) is 9.83. The van der Waals surface area contributed by atoms with E-state index in [1.807, 2.05) is 54.6 Å². The van der Waals surface area contributed by atoms with Crippen molar-refractivity contribution in [2.75, 3.05) is 11.1 Å². The van der Waals surface area contributed by atoms with Crippen LogP contribution in [0.15, 0.2) is 82.6 Å². The normalized spacial score (nSPS) is 10.6. The van der Waals surface area contributed by atoms with Crippen LogP contribution in [0.5, 0.6) is 0 Å². The first kappa shape index (κ1) is 19.8. The minimum atomic E-state index is -0.347. The quantitative estimate of drug-likeness (QED) is 0.475. The SMILES string of the molecule is O=C(CSCc1c(F)cccc1Cl)Nc1ccccc1Sc1ccccc1. The Morgan fingerprint density at radius 1 is 0.963 bits per heavy atom. The van der Waals surface area contributed by atoms with Gasteiger partial charge in [0.05, 0.1) is 11.4 Å². The first-order valence-electron chi connectivity index (χ1n) is 8.26. The Hall–Kier alpha value is -1.95. The Morgan fingerprint density at radius 3 is 2.48 bits per heavy atom. The van der Waals surface area contributed by atoms with Crippen molar-refractivity contribution in [3.8, 4) is 0 Å². The van der Waals surface area contributed by atoms with Gasteiger partial charge < -0.3 is 5.32 Å². The summed E-state index contributed by atoms with van der Waals surface area (Å²) in [6.45, 7) is 0. The third-order valence-corrected chi connectivity index (χ3v) is 6.07. The smallest absolute Gasteiger partial charge is 0.234 e. The summed E-state index contributed by atoms with van der Waals surface area (Å²) in [5.41, 5.74) is 1.19. The number of para-hydroxylation sites is 1. The lowest BCUT2D eigenvalue weighted by molar-refractivity contribution is -0.113. The van der Waals surface area contributed by atoms with Gasteiger partial charge in [0.1, 0.15) is 5.82 Å². The van der Waals surface area contributed by atoms with E-state index in [-0.39, 0.29) is 17.5 Å². The number of amides is 1. The van der Waals surface area contributed by atoms with Crippen molar-refractivity contribution in [2.45, 2.75) is 15.5 Å². The summed E-state index contributed by atoms with van der Waals surface area (Å²) in [7, 11) is 0. The average molecular weight is 418 g/mol. The van der Waals surface area contributed by atoms with Crippen molar-refractivity contribution >= 4 is 46.7 Å². The fourth-order valence-electron chi connectivity index (χ4n) is 2.38. The summed E-state index contributed by atoms with van der Waals surface area (Å²) in [6.07, 6.45) is 0. The summed E-state index contributed by atoms with van der Waals surface area (Å²) in [6, 6.07) is 22.2. The summed E-state index contributed by atoms with van der Waals surface area (Å²) in [5, 5.41) is 3.32. The molecule has 3 aromatic rings.